The van der Waals surface area contributed by atoms with Gasteiger partial charge in [0.05, 0.1) is 19.3 Å². The van der Waals surface area contributed by atoms with Gasteiger partial charge >= 0.3 is 0 Å². The van der Waals surface area contributed by atoms with Crippen LogP contribution >= 0.6 is 0 Å². The largest absolute Gasteiger partial charge is 0.339 e. The van der Waals surface area contributed by atoms with Crippen LogP contribution in [-0.2, 0) is 9.59 Å². The minimum Gasteiger partial charge on any atom is -0.339 e. The number of nitrogens with zero attached hydrogens (tertiary/aromatic N) is 2. The number of hydrogen-bond donors (Lipinski definition) is 3. The van der Waals surface area contributed by atoms with E-state index in [0.717, 1.165) is 12.8 Å². The van der Waals surface area contributed by atoms with E-state index < -0.39 is 0 Å². The van der Waals surface area contributed by atoms with Crippen LogP contribution in [0.3, 0.4) is 0 Å². The number of carbonyl (C=O) groups is 3. The van der Waals surface area contributed by atoms with Crippen molar-refractivity contribution in [2.24, 2.45) is 0 Å². The van der Waals surface area contributed by atoms with Gasteiger partial charge < -0.3 is 20.9 Å². The standard InChI is InChI=1S/C18H23N5O3/c19-11-15-7-4-10-23(15)17(25)12-20-9-8-16(24)21-13-22-18(26)14-5-2-1-3-6-14/h1-3,5-6,15,20H,4,7-10,12-13H2,(H,21,24)(H,22,26). The maximum absolute atomic E-state index is 12.0. The summed E-state index contributed by atoms with van der Waals surface area (Å²) in [5, 5.41) is 17.1. The Hall–Kier alpha value is -2.92. The molecule has 26 heavy (non-hydrogen) atoms. The zero-order valence-corrected chi connectivity index (χ0v) is 14.5. The smallest absolute Gasteiger partial charge is 0.252 e. The fraction of sp³-hybridized carbons (Fsp3) is 0.444. The van der Waals surface area contributed by atoms with Gasteiger partial charge in [-0.15, -0.1) is 0 Å². The van der Waals surface area contributed by atoms with Gasteiger partial charge in [0.25, 0.3) is 5.91 Å². The molecule has 1 atom stereocenters. The van der Waals surface area contributed by atoms with Crippen molar-refractivity contribution in [3.63, 3.8) is 0 Å². The summed E-state index contributed by atoms with van der Waals surface area (Å²) in [5.41, 5.74) is 0.527. The second-order valence-corrected chi connectivity index (χ2v) is 5.95. The van der Waals surface area contributed by atoms with Crippen LogP contribution in [0.25, 0.3) is 0 Å². The second-order valence-electron chi connectivity index (χ2n) is 5.95. The summed E-state index contributed by atoms with van der Waals surface area (Å²) in [6.45, 7) is 1.11. The molecule has 1 aromatic rings. The van der Waals surface area contributed by atoms with Gasteiger partial charge in [-0.2, -0.15) is 5.26 Å². The number of amides is 3. The first kappa shape index (κ1) is 19.4. The van der Waals surface area contributed by atoms with Crippen molar-refractivity contribution in [3.8, 4) is 6.07 Å². The lowest BCUT2D eigenvalue weighted by Crippen LogP contribution is -2.42. The Morgan fingerprint density at radius 2 is 1.96 bits per heavy atom. The maximum Gasteiger partial charge on any atom is 0.252 e. The summed E-state index contributed by atoms with van der Waals surface area (Å²) in [7, 11) is 0. The predicted molar refractivity (Wildman–Crippen MR) is 94.8 cm³/mol. The molecule has 1 unspecified atom stereocenters. The van der Waals surface area contributed by atoms with Crippen LogP contribution in [0.2, 0.25) is 0 Å². The summed E-state index contributed by atoms with van der Waals surface area (Å²) in [6, 6.07) is 10.5. The Morgan fingerprint density at radius 3 is 2.69 bits per heavy atom. The molecule has 0 aromatic heterocycles. The van der Waals surface area contributed by atoms with Crippen LogP contribution in [0.5, 0.6) is 0 Å². The summed E-state index contributed by atoms with van der Waals surface area (Å²) < 4.78 is 0. The van der Waals surface area contributed by atoms with Gasteiger partial charge in [0.2, 0.25) is 11.8 Å². The molecule has 1 fully saturated rings. The Morgan fingerprint density at radius 1 is 1.19 bits per heavy atom. The Balaban J connectivity index is 1.56. The molecule has 138 valence electrons. The van der Waals surface area contributed by atoms with E-state index in [4.69, 9.17) is 5.26 Å². The number of rotatable bonds is 8. The van der Waals surface area contributed by atoms with Crippen molar-refractivity contribution >= 4 is 17.7 Å². The first-order chi connectivity index (χ1) is 12.6. The summed E-state index contributed by atoms with van der Waals surface area (Å²) in [5.74, 6) is -0.605. The van der Waals surface area contributed by atoms with Crippen molar-refractivity contribution in [1.82, 2.24) is 20.9 Å². The van der Waals surface area contributed by atoms with Crippen molar-refractivity contribution in [1.29, 1.82) is 5.26 Å². The highest BCUT2D eigenvalue weighted by molar-refractivity contribution is 5.94. The molecule has 3 amide bonds. The third kappa shape index (κ3) is 5.86. The van der Waals surface area contributed by atoms with Gasteiger partial charge in [-0.05, 0) is 25.0 Å². The molecule has 3 N–H and O–H groups in total. The van der Waals surface area contributed by atoms with Crippen LogP contribution in [0.4, 0.5) is 0 Å². The van der Waals surface area contributed by atoms with E-state index in [0.29, 0.717) is 18.7 Å². The molecule has 0 bridgehead atoms. The highest BCUT2D eigenvalue weighted by Gasteiger charge is 2.27. The van der Waals surface area contributed by atoms with Gasteiger partial charge in [-0.3, -0.25) is 14.4 Å². The van der Waals surface area contributed by atoms with Crippen molar-refractivity contribution in [2.75, 3.05) is 26.3 Å². The monoisotopic (exact) mass is 357 g/mol. The molecule has 0 radical (unpaired) electrons. The Labute approximate surface area is 152 Å². The van der Waals surface area contributed by atoms with E-state index in [2.05, 4.69) is 22.0 Å². The molecule has 1 aromatic carbocycles. The third-order valence-electron chi connectivity index (χ3n) is 4.10. The van der Waals surface area contributed by atoms with Gasteiger partial charge in [0.15, 0.2) is 0 Å². The van der Waals surface area contributed by atoms with Crippen LogP contribution in [-0.4, -0.2) is 55.0 Å². The molecule has 2 rings (SSSR count). The molecule has 1 aliphatic heterocycles. The summed E-state index contributed by atoms with van der Waals surface area (Å²) in [6.07, 6.45) is 1.76. The Bertz CT molecular complexity index is 671. The number of carbonyl (C=O) groups excluding carboxylic acids is 3. The topological polar surface area (TPSA) is 114 Å². The van der Waals surface area contributed by atoms with E-state index in [1.54, 1.807) is 29.2 Å². The molecule has 0 spiro atoms. The fourth-order valence-corrected chi connectivity index (χ4v) is 2.70. The molecule has 8 heteroatoms. The maximum atomic E-state index is 12.0. The van der Waals surface area contributed by atoms with Crippen LogP contribution in [0.15, 0.2) is 30.3 Å². The third-order valence-corrected chi connectivity index (χ3v) is 4.10. The molecule has 1 heterocycles. The quantitative estimate of drug-likeness (QED) is 0.447. The SMILES string of the molecule is N#CC1CCCN1C(=O)CNCCC(=O)NCNC(=O)c1ccccc1. The molecule has 8 nitrogen and oxygen atoms in total. The van der Waals surface area contributed by atoms with E-state index in [1.807, 2.05) is 6.07 Å². The lowest BCUT2D eigenvalue weighted by Gasteiger charge is -2.19. The van der Waals surface area contributed by atoms with Crippen LogP contribution in [0, 0.1) is 11.3 Å². The first-order valence-electron chi connectivity index (χ1n) is 8.61. The zero-order valence-electron chi connectivity index (χ0n) is 14.5. The zero-order chi connectivity index (χ0) is 18.8. The highest BCUT2D eigenvalue weighted by atomic mass is 16.2. The summed E-state index contributed by atoms with van der Waals surface area (Å²) in [4.78, 5) is 37.1. The van der Waals surface area contributed by atoms with Gasteiger partial charge in [0, 0.05) is 25.1 Å². The van der Waals surface area contributed by atoms with Crippen LogP contribution in [0.1, 0.15) is 29.6 Å². The van der Waals surface area contributed by atoms with E-state index in [1.165, 1.54) is 0 Å². The van der Waals surface area contributed by atoms with E-state index in [-0.39, 0.29) is 43.4 Å². The van der Waals surface area contributed by atoms with Crippen molar-refractivity contribution < 1.29 is 14.4 Å². The predicted octanol–water partition coefficient (Wildman–Crippen LogP) is -0.0156. The highest BCUT2D eigenvalue weighted by Crippen LogP contribution is 2.15. The lowest BCUT2D eigenvalue weighted by molar-refractivity contribution is -0.130. The lowest BCUT2D eigenvalue weighted by atomic mass is 10.2. The number of likely N-dealkylation sites (tertiary alicyclic amines) is 1. The molecular weight excluding hydrogens is 334 g/mol. The molecule has 0 aliphatic carbocycles. The molecular formula is C18H23N5O3. The molecule has 1 saturated heterocycles. The minimum absolute atomic E-state index is 0.0448. The van der Waals surface area contributed by atoms with E-state index >= 15 is 0 Å². The van der Waals surface area contributed by atoms with Crippen molar-refractivity contribution in [3.05, 3.63) is 35.9 Å². The van der Waals surface area contributed by atoms with Gasteiger partial charge in [-0.25, -0.2) is 0 Å². The number of hydrogen-bond acceptors (Lipinski definition) is 5. The number of nitriles is 1. The van der Waals surface area contributed by atoms with Crippen LogP contribution < -0.4 is 16.0 Å². The average molecular weight is 357 g/mol. The normalized spacial score (nSPS) is 16.0. The Kier molecular flexibility index (Phi) is 7.58. The fourth-order valence-electron chi connectivity index (χ4n) is 2.70. The number of benzene rings is 1. The number of nitrogens with one attached hydrogen (secondary N) is 3. The van der Waals surface area contributed by atoms with Gasteiger partial charge in [-0.1, -0.05) is 18.2 Å². The minimum atomic E-state index is -0.333. The average Bonchev–Trinajstić information content (AvgIpc) is 3.14. The first-order valence-corrected chi connectivity index (χ1v) is 8.61. The van der Waals surface area contributed by atoms with Gasteiger partial charge in [0.1, 0.15) is 6.04 Å². The molecule has 1 aliphatic rings. The second kappa shape index (κ2) is 10.2. The molecule has 0 saturated carbocycles. The summed E-state index contributed by atoms with van der Waals surface area (Å²) >= 11 is 0. The van der Waals surface area contributed by atoms with E-state index in [9.17, 15) is 14.4 Å². The van der Waals surface area contributed by atoms with Crippen molar-refractivity contribution in [2.45, 2.75) is 25.3 Å².